The van der Waals surface area contributed by atoms with Crippen molar-refractivity contribution in [3.63, 3.8) is 0 Å². The second-order valence-corrected chi connectivity index (χ2v) is 1.26. The smallest absolute Gasteiger partial charge is 0.335 e. The summed E-state index contributed by atoms with van der Waals surface area (Å²) in [5.41, 5.74) is 0. The fourth-order valence-electron chi connectivity index (χ4n) is 0.231. The lowest BCUT2D eigenvalue weighted by molar-refractivity contribution is 0.0650. The van der Waals surface area contributed by atoms with Gasteiger partial charge in [-0.1, -0.05) is 0 Å². The predicted octanol–water partition coefficient (Wildman–Crippen LogP) is -1.68. The van der Waals surface area contributed by atoms with Gasteiger partial charge in [-0.05, 0) is 0 Å². The highest BCUT2D eigenvalue weighted by molar-refractivity contribution is 7.51. The molecule has 0 rings (SSSR count). The van der Waals surface area contributed by atoms with Gasteiger partial charge in [0.1, 0.15) is 0 Å². The van der Waals surface area contributed by atoms with E-state index in [9.17, 15) is 0 Å². The van der Waals surface area contributed by atoms with Crippen molar-refractivity contribution < 1.29 is 23.4 Å². The highest BCUT2D eigenvalue weighted by Crippen LogP contribution is 1.68. The molecule has 0 saturated carbocycles. The quantitative estimate of drug-likeness (QED) is 0.492. The highest BCUT2D eigenvalue weighted by atomic mass is 32.1. The summed E-state index contributed by atoms with van der Waals surface area (Å²) in [7, 11) is 0. The van der Waals surface area contributed by atoms with E-state index in [1.54, 1.807) is 0 Å². The van der Waals surface area contributed by atoms with E-state index in [1.807, 2.05) is 0 Å². The summed E-state index contributed by atoms with van der Waals surface area (Å²) in [4.78, 5) is 0. The summed E-state index contributed by atoms with van der Waals surface area (Å²) in [6, 6.07) is 0. The van der Waals surface area contributed by atoms with E-state index in [0.717, 1.165) is 0 Å². The standard InChI is InChI=1S/C4H10O3.O2S/c5-1-3-7-4-2-6;1-3-2/h5-6H,1-4H2;. The first-order valence-electron chi connectivity index (χ1n) is 2.54. The van der Waals surface area contributed by atoms with E-state index < -0.39 is 11.6 Å². The van der Waals surface area contributed by atoms with Gasteiger partial charge in [-0.3, -0.25) is 0 Å². The molecule has 0 spiro atoms. The molecule has 0 bridgehead atoms. The lowest BCUT2D eigenvalue weighted by Crippen LogP contribution is -2.03. The summed E-state index contributed by atoms with van der Waals surface area (Å²) in [6.07, 6.45) is 0. The molecule has 0 amide bonds. The first kappa shape index (κ1) is 12.4. The highest BCUT2D eigenvalue weighted by Gasteiger charge is 1.79. The second-order valence-electron chi connectivity index (χ2n) is 1.13. The maximum atomic E-state index is 8.29. The molecule has 6 heteroatoms. The van der Waals surface area contributed by atoms with Gasteiger partial charge in [-0.2, -0.15) is 8.42 Å². The van der Waals surface area contributed by atoms with Crippen molar-refractivity contribution in [2.45, 2.75) is 0 Å². The Morgan fingerprint density at radius 2 is 1.40 bits per heavy atom. The van der Waals surface area contributed by atoms with Gasteiger partial charge in [0, 0.05) is 0 Å². The molecular formula is C4H10O5S. The number of hydrogen-bond donors (Lipinski definition) is 2. The summed E-state index contributed by atoms with van der Waals surface area (Å²) in [6.45, 7) is 0.696. The molecule has 0 fully saturated rings. The molecular weight excluding hydrogens is 160 g/mol. The molecule has 5 nitrogen and oxygen atoms in total. The number of aliphatic hydroxyl groups excluding tert-OH is 2. The molecule has 0 radical (unpaired) electrons. The van der Waals surface area contributed by atoms with Crippen LogP contribution in [0.2, 0.25) is 0 Å². The van der Waals surface area contributed by atoms with E-state index in [1.165, 1.54) is 0 Å². The summed E-state index contributed by atoms with van der Waals surface area (Å²) >= 11 is -0.750. The first-order valence-corrected chi connectivity index (χ1v) is 3.21. The average molecular weight is 170 g/mol. The minimum atomic E-state index is -0.750. The number of aliphatic hydroxyl groups is 2. The molecule has 0 aliphatic carbocycles. The third kappa shape index (κ3) is 25.2. The zero-order valence-corrected chi connectivity index (χ0v) is 6.17. The molecule has 0 aromatic heterocycles. The first-order chi connectivity index (χ1) is 4.83. The maximum absolute atomic E-state index is 8.29. The van der Waals surface area contributed by atoms with Crippen molar-refractivity contribution in [3.05, 3.63) is 0 Å². The molecule has 0 aromatic carbocycles. The molecule has 0 aliphatic rings. The van der Waals surface area contributed by atoms with Crippen molar-refractivity contribution in [2.24, 2.45) is 0 Å². The van der Waals surface area contributed by atoms with Crippen LogP contribution in [0.4, 0.5) is 0 Å². The Hall–Kier alpha value is -0.300. The third-order valence-electron chi connectivity index (χ3n) is 0.471. The van der Waals surface area contributed by atoms with Crippen LogP contribution in [-0.4, -0.2) is 45.1 Å². The van der Waals surface area contributed by atoms with Gasteiger partial charge in [-0.15, -0.1) is 0 Å². The Morgan fingerprint density at radius 1 is 1.10 bits per heavy atom. The van der Waals surface area contributed by atoms with Crippen LogP contribution in [0.3, 0.4) is 0 Å². The van der Waals surface area contributed by atoms with E-state index in [2.05, 4.69) is 4.74 Å². The van der Waals surface area contributed by atoms with Gasteiger partial charge in [0.25, 0.3) is 0 Å². The molecule has 0 aromatic rings. The van der Waals surface area contributed by atoms with E-state index in [0.29, 0.717) is 13.2 Å². The van der Waals surface area contributed by atoms with E-state index in [-0.39, 0.29) is 13.2 Å². The number of ether oxygens (including phenoxy) is 1. The predicted molar refractivity (Wildman–Crippen MR) is 33.9 cm³/mol. The Labute approximate surface area is 62.2 Å². The van der Waals surface area contributed by atoms with Crippen LogP contribution in [0.25, 0.3) is 0 Å². The molecule has 0 unspecified atom stereocenters. The summed E-state index contributed by atoms with van der Waals surface area (Å²) < 4.78 is 21.2. The largest absolute Gasteiger partial charge is 0.394 e. The molecule has 0 heterocycles. The maximum Gasteiger partial charge on any atom is 0.335 e. The fourth-order valence-corrected chi connectivity index (χ4v) is 0.231. The van der Waals surface area contributed by atoms with Crippen molar-refractivity contribution in [3.8, 4) is 0 Å². The Kier molecular flexibility index (Phi) is 19.7. The molecule has 0 saturated heterocycles. The Morgan fingerprint density at radius 3 is 1.60 bits per heavy atom. The van der Waals surface area contributed by atoms with Crippen molar-refractivity contribution >= 4 is 11.6 Å². The van der Waals surface area contributed by atoms with Crippen LogP contribution in [0.15, 0.2) is 0 Å². The van der Waals surface area contributed by atoms with Gasteiger partial charge in [0.2, 0.25) is 0 Å². The summed E-state index contributed by atoms with van der Waals surface area (Å²) in [5, 5.41) is 16.2. The second kappa shape index (κ2) is 15.9. The minimum absolute atomic E-state index is 0.0278. The van der Waals surface area contributed by atoms with Crippen LogP contribution >= 0.6 is 0 Å². The monoisotopic (exact) mass is 170 g/mol. The molecule has 10 heavy (non-hydrogen) atoms. The van der Waals surface area contributed by atoms with E-state index >= 15 is 0 Å². The fraction of sp³-hybridized carbons (Fsp3) is 1.00. The molecule has 0 atom stereocenters. The zero-order chi connectivity index (χ0) is 8.24. The van der Waals surface area contributed by atoms with Gasteiger partial charge in [-0.25, -0.2) is 0 Å². The lowest BCUT2D eigenvalue weighted by Gasteiger charge is -1.94. The van der Waals surface area contributed by atoms with Crippen LogP contribution < -0.4 is 0 Å². The van der Waals surface area contributed by atoms with Crippen LogP contribution in [0.1, 0.15) is 0 Å². The topological polar surface area (TPSA) is 83.8 Å². The van der Waals surface area contributed by atoms with Gasteiger partial charge >= 0.3 is 11.6 Å². The van der Waals surface area contributed by atoms with Crippen molar-refractivity contribution in [2.75, 3.05) is 26.4 Å². The van der Waals surface area contributed by atoms with Crippen molar-refractivity contribution in [1.82, 2.24) is 0 Å². The van der Waals surface area contributed by atoms with Crippen LogP contribution in [0, 0.1) is 0 Å². The van der Waals surface area contributed by atoms with Crippen LogP contribution in [0.5, 0.6) is 0 Å². The van der Waals surface area contributed by atoms with Gasteiger partial charge < -0.3 is 14.9 Å². The van der Waals surface area contributed by atoms with Gasteiger partial charge in [0.15, 0.2) is 0 Å². The third-order valence-corrected chi connectivity index (χ3v) is 0.471. The molecule has 62 valence electrons. The number of rotatable bonds is 4. The normalized spacial score (nSPS) is 7.80. The van der Waals surface area contributed by atoms with Crippen LogP contribution in [-0.2, 0) is 16.3 Å². The lowest BCUT2D eigenvalue weighted by atomic mass is 10.7. The average Bonchev–Trinajstić information content (AvgIpc) is 1.91. The van der Waals surface area contributed by atoms with Gasteiger partial charge in [0.05, 0.1) is 26.4 Å². The number of hydrogen-bond acceptors (Lipinski definition) is 5. The Bertz CT molecular complexity index is 75.7. The SMILES string of the molecule is O=S=O.OCCOCCO. The zero-order valence-electron chi connectivity index (χ0n) is 5.36. The minimum Gasteiger partial charge on any atom is -0.394 e. The summed E-state index contributed by atoms with van der Waals surface area (Å²) in [5.74, 6) is 0. The van der Waals surface area contributed by atoms with Crippen molar-refractivity contribution in [1.29, 1.82) is 0 Å². The molecule has 2 N–H and O–H groups in total. The van der Waals surface area contributed by atoms with E-state index in [4.69, 9.17) is 18.6 Å². The Balaban J connectivity index is 0. The molecule has 0 aliphatic heterocycles.